The van der Waals surface area contributed by atoms with Crippen LogP contribution < -0.4 is 0 Å². The van der Waals surface area contributed by atoms with E-state index in [9.17, 15) is 4.79 Å². The number of aryl methyl sites for hydroxylation is 1. The van der Waals surface area contributed by atoms with Crippen molar-refractivity contribution in [2.75, 3.05) is 6.54 Å². The van der Waals surface area contributed by atoms with Crippen LogP contribution in [0, 0.1) is 6.92 Å². The molecular formula is C17H17N5O2. The zero-order valence-electron chi connectivity index (χ0n) is 13.3. The summed E-state index contributed by atoms with van der Waals surface area (Å²) < 4.78 is 6.81. The third-order valence-electron chi connectivity index (χ3n) is 4.28. The van der Waals surface area contributed by atoms with Crippen LogP contribution in [0.15, 0.2) is 47.2 Å². The standard InChI is InChI=1S/C17H17N5O2/c1-12-10-15(19-24-12)16-6-3-8-21(16)17(23)13-4-2-5-14(11-13)22-9-7-18-20-22/h2,4-5,7,9-11,16H,3,6,8H2,1H3/t16-/m0/s1. The summed E-state index contributed by atoms with van der Waals surface area (Å²) in [6.07, 6.45) is 5.23. The zero-order valence-corrected chi connectivity index (χ0v) is 13.3. The fourth-order valence-electron chi connectivity index (χ4n) is 3.15. The van der Waals surface area contributed by atoms with Crippen LogP contribution in [0.4, 0.5) is 0 Å². The number of amides is 1. The Labute approximate surface area is 138 Å². The highest BCUT2D eigenvalue weighted by atomic mass is 16.5. The van der Waals surface area contributed by atoms with Gasteiger partial charge in [-0.2, -0.15) is 0 Å². The molecule has 0 N–H and O–H groups in total. The maximum Gasteiger partial charge on any atom is 0.254 e. The largest absolute Gasteiger partial charge is 0.361 e. The number of nitrogens with zero attached hydrogens (tertiary/aromatic N) is 5. The lowest BCUT2D eigenvalue weighted by Crippen LogP contribution is -2.30. The fourth-order valence-corrected chi connectivity index (χ4v) is 3.15. The molecule has 0 unspecified atom stereocenters. The molecule has 1 aliphatic heterocycles. The lowest BCUT2D eigenvalue weighted by Gasteiger charge is -2.23. The SMILES string of the molecule is Cc1cc([C@@H]2CCCN2C(=O)c2cccc(-n3ccnn3)c2)no1. The minimum Gasteiger partial charge on any atom is -0.361 e. The molecule has 1 amide bonds. The summed E-state index contributed by atoms with van der Waals surface area (Å²) in [7, 11) is 0. The van der Waals surface area contributed by atoms with Gasteiger partial charge >= 0.3 is 0 Å². The zero-order chi connectivity index (χ0) is 16.5. The van der Waals surface area contributed by atoms with Crippen LogP contribution in [0.2, 0.25) is 0 Å². The molecule has 1 saturated heterocycles. The summed E-state index contributed by atoms with van der Waals surface area (Å²) in [5, 5.41) is 11.9. The Hall–Kier alpha value is -2.96. The van der Waals surface area contributed by atoms with Gasteiger partial charge in [0, 0.05) is 18.2 Å². The average Bonchev–Trinajstić information content (AvgIpc) is 3.35. The summed E-state index contributed by atoms with van der Waals surface area (Å²) in [5.74, 6) is 0.762. The van der Waals surface area contributed by atoms with Gasteiger partial charge in [-0.15, -0.1) is 5.10 Å². The van der Waals surface area contributed by atoms with Gasteiger partial charge in [-0.1, -0.05) is 16.4 Å². The predicted molar refractivity (Wildman–Crippen MR) is 85.6 cm³/mol. The molecule has 1 aliphatic rings. The highest BCUT2D eigenvalue weighted by molar-refractivity contribution is 5.95. The van der Waals surface area contributed by atoms with E-state index in [1.807, 2.05) is 42.2 Å². The molecule has 0 spiro atoms. The average molecular weight is 323 g/mol. The second-order valence-corrected chi connectivity index (χ2v) is 5.92. The highest BCUT2D eigenvalue weighted by Gasteiger charge is 2.32. The molecule has 1 fully saturated rings. The van der Waals surface area contributed by atoms with Crippen LogP contribution in [0.3, 0.4) is 0 Å². The summed E-state index contributed by atoms with van der Waals surface area (Å²) in [6.45, 7) is 2.59. The Morgan fingerprint density at radius 1 is 1.33 bits per heavy atom. The summed E-state index contributed by atoms with van der Waals surface area (Å²) in [6, 6.07) is 9.29. The summed E-state index contributed by atoms with van der Waals surface area (Å²) >= 11 is 0. The first kappa shape index (κ1) is 14.6. The number of hydrogen-bond donors (Lipinski definition) is 0. The lowest BCUT2D eigenvalue weighted by atomic mass is 10.1. The summed E-state index contributed by atoms with van der Waals surface area (Å²) in [5.41, 5.74) is 2.27. The Balaban J connectivity index is 1.62. The first-order valence-corrected chi connectivity index (χ1v) is 7.93. The van der Waals surface area contributed by atoms with Crippen LogP contribution in [-0.4, -0.2) is 37.5 Å². The van der Waals surface area contributed by atoms with Crippen molar-refractivity contribution in [1.29, 1.82) is 0 Å². The minimum absolute atomic E-state index is 0.000110. The molecule has 3 aromatic rings. The van der Waals surface area contributed by atoms with E-state index in [1.54, 1.807) is 17.1 Å². The molecule has 1 atom stereocenters. The number of likely N-dealkylation sites (tertiary alicyclic amines) is 1. The maximum atomic E-state index is 13.0. The van der Waals surface area contributed by atoms with Crippen molar-refractivity contribution in [3.63, 3.8) is 0 Å². The van der Waals surface area contributed by atoms with E-state index in [0.717, 1.165) is 36.5 Å². The molecule has 1 aromatic carbocycles. The van der Waals surface area contributed by atoms with E-state index < -0.39 is 0 Å². The topological polar surface area (TPSA) is 77.1 Å². The number of hydrogen-bond acceptors (Lipinski definition) is 5. The highest BCUT2D eigenvalue weighted by Crippen LogP contribution is 2.32. The van der Waals surface area contributed by atoms with Crippen molar-refractivity contribution in [3.8, 4) is 5.69 Å². The normalized spacial score (nSPS) is 17.4. The van der Waals surface area contributed by atoms with Crippen LogP contribution in [0.1, 0.15) is 40.7 Å². The Kier molecular flexibility index (Phi) is 3.60. The van der Waals surface area contributed by atoms with Gasteiger partial charge in [0.05, 0.1) is 24.1 Å². The van der Waals surface area contributed by atoms with Gasteiger partial charge in [0.15, 0.2) is 0 Å². The van der Waals surface area contributed by atoms with E-state index in [1.165, 1.54) is 0 Å². The van der Waals surface area contributed by atoms with Gasteiger partial charge in [0.2, 0.25) is 0 Å². The van der Waals surface area contributed by atoms with Gasteiger partial charge < -0.3 is 9.42 Å². The van der Waals surface area contributed by atoms with Crippen LogP contribution in [0.25, 0.3) is 5.69 Å². The van der Waals surface area contributed by atoms with Crippen molar-refractivity contribution >= 4 is 5.91 Å². The van der Waals surface area contributed by atoms with E-state index in [0.29, 0.717) is 5.56 Å². The van der Waals surface area contributed by atoms with E-state index in [-0.39, 0.29) is 11.9 Å². The molecule has 0 bridgehead atoms. The quantitative estimate of drug-likeness (QED) is 0.740. The predicted octanol–water partition coefficient (Wildman–Crippen LogP) is 2.54. The number of benzene rings is 1. The smallest absolute Gasteiger partial charge is 0.254 e. The molecular weight excluding hydrogens is 306 g/mol. The van der Waals surface area contributed by atoms with Gasteiger partial charge in [-0.25, -0.2) is 4.68 Å². The van der Waals surface area contributed by atoms with Crippen molar-refractivity contribution in [2.45, 2.75) is 25.8 Å². The fraction of sp³-hybridized carbons (Fsp3) is 0.294. The van der Waals surface area contributed by atoms with Gasteiger partial charge in [0.1, 0.15) is 11.5 Å². The molecule has 0 saturated carbocycles. The molecule has 7 nitrogen and oxygen atoms in total. The van der Waals surface area contributed by atoms with Gasteiger partial charge in [-0.3, -0.25) is 4.79 Å². The molecule has 24 heavy (non-hydrogen) atoms. The molecule has 0 aliphatic carbocycles. The number of rotatable bonds is 3. The molecule has 3 heterocycles. The molecule has 0 radical (unpaired) electrons. The molecule has 7 heteroatoms. The molecule has 4 rings (SSSR count). The monoisotopic (exact) mass is 323 g/mol. The second-order valence-electron chi connectivity index (χ2n) is 5.92. The Bertz CT molecular complexity index is 856. The van der Waals surface area contributed by atoms with Crippen molar-refractivity contribution < 1.29 is 9.32 Å². The third-order valence-corrected chi connectivity index (χ3v) is 4.28. The second kappa shape index (κ2) is 5.92. The van der Waals surface area contributed by atoms with Crippen molar-refractivity contribution in [2.24, 2.45) is 0 Å². The van der Waals surface area contributed by atoms with E-state index >= 15 is 0 Å². The van der Waals surface area contributed by atoms with Gasteiger partial charge in [0.25, 0.3) is 5.91 Å². The summed E-state index contributed by atoms with van der Waals surface area (Å²) in [4.78, 5) is 14.9. The van der Waals surface area contributed by atoms with E-state index in [2.05, 4.69) is 15.5 Å². The number of carbonyl (C=O) groups excluding carboxylic acids is 1. The van der Waals surface area contributed by atoms with E-state index in [4.69, 9.17) is 4.52 Å². The first-order valence-electron chi connectivity index (χ1n) is 7.93. The minimum atomic E-state index is -0.0232. The third kappa shape index (κ3) is 2.58. The number of carbonyl (C=O) groups is 1. The van der Waals surface area contributed by atoms with Gasteiger partial charge in [-0.05, 0) is 38.0 Å². The Morgan fingerprint density at radius 3 is 3.00 bits per heavy atom. The molecule has 2 aromatic heterocycles. The Morgan fingerprint density at radius 2 is 2.25 bits per heavy atom. The van der Waals surface area contributed by atoms with Crippen LogP contribution >= 0.6 is 0 Å². The van der Waals surface area contributed by atoms with Crippen molar-refractivity contribution in [1.82, 2.24) is 25.1 Å². The maximum absolute atomic E-state index is 13.0. The van der Waals surface area contributed by atoms with Crippen LogP contribution in [0.5, 0.6) is 0 Å². The van der Waals surface area contributed by atoms with Crippen molar-refractivity contribution in [3.05, 3.63) is 59.7 Å². The number of aromatic nitrogens is 4. The first-order chi connectivity index (χ1) is 11.7. The van der Waals surface area contributed by atoms with Crippen LogP contribution in [-0.2, 0) is 0 Å². The molecule has 122 valence electrons. The lowest BCUT2D eigenvalue weighted by molar-refractivity contribution is 0.0731.